The van der Waals surface area contributed by atoms with E-state index in [0.29, 0.717) is 6.42 Å². The second-order valence-electron chi connectivity index (χ2n) is 6.65. The minimum Gasteiger partial charge on any atom is -0.452 e. The topological polar surface area (TPSA) is 80.8 Å². The maximum Gasteiger partial charge on any atom is 0.338 e. The number of nitrogens with zero attached hydrogens (tertiary/aromatic N) is 1. The Balaban J connectivity index is 1.70. The summed E-state index contributed by atoms with van der Waals surface area (Å²) in [7, 11) is -3.19. The van der Waals surface area contributed by atoms with Gasteiger partial charge in [0, 0.05) is 12.6 Å². The van der Waals surface area contributed by atoms with Gasteiger partial charge in [-0.2, -0.15) is 0 Å². The van der Waals surface area contributed by atoms with Gasteiger partial charge in [-0.15, -0.1) is 0 Å². The van der Waals surface area contributed by atoms with Crippen molar-refractivity contribution in [1.29, 1.82) is 0 Å². The molecular weight excluding hydrogens is 385 g/mol. The van der Waals surface area contributed by atoms with Gasteiger partial charge >= 0.3 is 5.97 Å². The van der Waals surface area contributed by atoms with Crippen LogP contribution in [0.1, 0.15) is 22.3 Å². The Morgan fingerprint density at radius 2 is 1.86 bits per heavy atom. The number of hydrogen-bond donors (Lipinski definition) is 0. The second-order valence-corrected chi connectivity index (χ2v) is 8.88. The molecule has 1 atom stereocenters. The Bertz CT molecular complexity index is 962. The van der Waals surface area contributed by atoms with Crippen LogP contribution < -0.4 is 0 Å². The molecule has 1 heterocycles. The number of hydrogen-bond acceptors (Lipinski definition) is 5. The molecule has 0 N–H and O–H groups in total. The number of halogens is 1. The van der Waals surface area contributed by atoms with Gasteiger partial charge in [0.15, 0.2) is 16.4 Å². The molecule has 0 aliphatic carbocycles. The molecule has 0 spiro atoms. The minimum absolute atomic E-state index is 0.00542. The van der Waals surface area contributed by atoms with Crippen LogP contribution in [-0.4, -0.2) is 49.3 Å². The zero-order valence-corrected chi connectivity index (χ0v) is 15.9. The van der Waals surface area contributed by atoms with Crippen molar-refractivity contribution >= 4 is 21.7 Å². The summed E-state index contributed by atoms with van der Waals surface area (Å²) in [5.41, 5.74) is 0.849. The van der Waals surface area contributed by atoms with Crippen molar-refractivity contribution in [1.82, 2.24) is 4.90 Å². The van der Waals surface area contributed by atoms with Gasteiger partial charge in [0.05, 0.1) is 17.1 Å². The SMILES string of the molecule is O=C(OCC(=O)N(Cc1ccccc1)[C@@H]1CCS(=O)(=O)C1)c1cccc(F)c1. The van der Waals surface area contributed by atoms with Crippen molar-refractivity contribution in [2.24, 2.45) is 0 Å². The average Bonchev–Trinajstić information content (AvgIpc) is 3.04. The fraction of sp³-hybridized carbons (Fsp3) is 0.300. The van der Waals surface area contributed by atoms with Gasteiger partial charge in [0.25, 0.3) is 5.91 Å². The average molecular weight is 405 g/mol. The molecule has 8 heteroatoms. The van der Waals surface area contributed by atoms with Crippen molar-refractivity contribution < 1.29 is 27.1 Å². The van der Waals surface area contributed by atoms with E-state index < -0.39 is 40.2 Å². The first-order valence-corrected chi connectivity index (χ1v) is 10.6. The normalized spacial score (nSPS) is 17.8. The summed E-state index contributed by atoms with van der Waals surface area (Å²) in [6.07, 6.45) is 0.346. The minimum atomic E-state index is -3.19. The highest BCUT2D eigenvalue weighted by Crippen LogP contribution is 2.20. The first kappa shape index (κ1) is 20.0. The van der Waals surface area contributed by atoms with Crippen LogP contribution in [-0.2, 0) is 25.9 Å². The molecule has 3 rings (SSSR count). The summed E-state index contributed by atoms with van der Waals surface area (Å²) in [5, 5.41) is 0. The second kappa shape index (κ2) is 8.52. The third-order valence-corrected chi connectivity index (χ3v) is 6.30. The predicted molar refractivity (Wildman–Crippen MR) is 101 cm³/mol. The molecule has 148 valence electrons. The highest BCUT2D eigenvalue weighted by atomic mass is 32.2. The standard InChI is InChI=1S/C20H20FNO5S/c21-17-8-4-7-16(11-17)20(24)27-13-19(23)22(12-15-5-2-1-3-6-15)18-9-10-28(25,26)14-18/h1-8,11,18H,9-10,12-14H2/t18-/m1/s1. The molecule has 0 unspecified atom stereocenters. The third-order valence-electron chi connectivity index (χ3n) is 4.55. The molecule has 1 aliphatic rings. The molecule has 0 aromatic heterocycles. The number of carbonyl (C=O) groups excluding carboxylic acids is 2. The van der Waals surface area contributed by atoms with Gasteiger partial charge in [0.2, 0.25) is 0 Å². The van der Waals surface area contributed by atoms with E-state index in [9.17, 15) is 22.4 Å². The van der Waals surface area contributed by atoms with Crippen LogP contribution in [0.2, 0.25) is 0 Å². The quantitative estimate of drug-likeness (QED) is 0.689. The van der Waals surface area contributed by atoms with Crippen LogP contribution >= 0.6 is 0 Å². The molecule has 1 aliphatic heterocycles. The van der Waals surface area contributed by atoms with Crippen LogP contribution in [0.4, 0.5) is 4.39 Å². The molecule has 28 heavy (non-hydrogen) atoms. The summed E-state index contributed by atoms with van der Waals surface area (Å²) in [6.45, 7) is -0.323. The molecule has 2 aromatic carbocycles. The molecule has 1 fully saturated rings. The van der Waals surface area contributed by atoms with Crippen LogP contribution in [0.15, 0.2) is 54.6 Å². The number of ether oxygens (including phenoxy) is 1. The maximum atomic E-state index is 13.2. The molecule has 1 saturated heterocycles. The highest BCUT2D eigenvalue weighted by molar-refractivity contribution is 7.91. The molecule has 0 saturated carbocycles. The van der Waals surface area contributed by atoms with Crippen LogP contribution in [0.3, 0.4) is 0 Å². The van der Waals surface area contributed by atoms with Crippen molar-refractivity contribution in [3.63, 3.8) is 0 Å². The van der Waals surface area contributed by atoms with E-state index in [-0.39, 0.29) is 23.6 Å². The van der Waals surface area contributed by atoms with Crippen molar-refractivity contribution in [3.8, 4) is 0 Å². The van der Waals surface area contributed by atoms with Crippen molar-refractivity contribution in [2.45, 2.75) is 19.0 Å². The third kappa shape index (κ3) is 5.16. The van der Waals surface area contributed by atoms with E-state index in [1.807, 2.05) is 30.3 Å². The Hall–Kier alpha value is -2.74. The fourth-order valence-electron chi connectivity index (χ4n) is 3.13. The zero-order valence-electron chi connectivity index (χ0n) is 15.1. The predicted octanol–water partition coefficient (Wildman–Crippen LogP) is 2.20. The molecule has 2 aromatic rings. The lowest BCUT2D eigenvalue weighted by atomic mass is 10.1. The van der Waals surface area contributed by atoms with Gasteiger partial charge in [-0.1, -0.05) is 36.4 Å². The van der Waals surface area contributed by atoms with Crippen molar-refractivity contribution in [3.05, 3.63) is 71.5 Å². The molecule has 6 nitrogen and oxygen atoms in total. The summed E-state index contributed by atoms with van der Waals surface area (Å²) in [6, 6.07) is 13.7. The van der Waals surface area contributed by atoms with E-state index in [4.69, 9.17) is 4.74 Å². The molecule has 0 radical (unpaired) electrons. The smallest absolute Gasteiger partial charge is 0.338 e. The fourth-order valence-corrected chi connectivity index (χ4v) is 4.86. The highest BCUT2D eigenvalue weighted by Gasteiger charge is 2.35. The van der Waals surface area contributed by atoms with E-state index in [1.54, 1.807) is 0 Å². The zero-order chi connectivity index (χ0) is 20.1. The Labute approximate surface area is 162 Å². The van der Waals surface area contributed by atoms with E-state index in [1.165, 1.54) is 23.1 Å². The number of esters is 1. The first-order valence-electron chi connectivity index (χ1n) is 8.80. The lowest BCUT2D eigenvalue weighted by Crippen LogP contribution is -2.42. The van der Waals surface area contributed by atoms with Crippen LogP contribution in [0.5, 0.6) is 0 Å². The van der Waals surface area contributed by atoms with Crippen LogP contribution in [0, 0.1) is 5.82 Å². The van der Waals surface area contributed by atoms with E-state index in [2.05, 4.69) is 0 Å². The van der Waals surface area contributed by atoms with Gasteiger partial charge in [-0.3, -0.25) is 4.79 Å². The van der Waals surface area contributed by atoms with Gasteiger partial charge < -0.3 is 9.64 Å². The maximum absolute atomic E-state index is 13.2. The van der Waals surface area contributed by atoms with Gasteiger partial charge in [0.1, 0.15) is 5.82 Å². The lowest BCUT2D eigenvalue weighted by molar-refractivity contribution is -0.137. The number of rotatable bonds is 6. The van der Waals surface area contributed by atoms with Gasteiger partial charge in [-0.05, 0) is 30.2 Å². The molecule has 0 bridgehead atoms. The largest absolute Gasteiger partial charge is 0.452 e. The number of benzene rings is 2. The first-order chi connectivity index (χ1) is 13.3. The van der Waals surface area contributed by atoms with E-state index >= 15 is 0 Å². The Morgan fingerprint density at radius 1 is 1.11 bits per heavy atom. The summed E-state index contributed by atoms with van der Waals surface area (Å²) in [4.78, 5) is 26.2. The molecule has 1 amide bonds. The summed E-state index contributed by atoms with van der Waals surface area (Å²) < 4.78 is 42.0. The number of carbonyl (C=O) groups is 2. The molecular formula is C20H20FNO5S. The Kier molecular flexibility index (Phi) is 6.08. The summed E-state index contributed by atoms with van der Waals surface area (Å²) >= 11 is 0. The van der Waals surface area contributed by atoms with E-state index in [0.717, 1.165) is 11.6 Å². The van der Waals surface area contributed by atoms with Crippen molar-refractivity contribution in [2.75, 3.05) is 18.1 Å². The van der Waals surface area contributed by atoms with Gasteiger partial charge in [-0.25, -0.2) is 17.6 Å². The summed E-state index contributed by atoms with van der Waals surface area (Å²) in [5.74, 6) is -1.96. The lowest BCUT2D eigenvalue weighted by Gasteiger charge is -2.28. The van der Waals surface area contributed by atoms with Crippen LogP contribution in [0.25, 0.3) is 0 Å². The monoisotopic (exact) mass is 405 g/mol. The number of sulfone groups is 1. The number of amides is 1. The Morgan fingerprint density at radius 3 is 2.50 bits per heavy atom.